The van der Waals surface area contributed by atoms with Gasteiger partial charge in [-0.25, -0.2) is 0 Å². The molecule has 0 unspecified atom stereocenters. The molecule has 0 heterocycles. The number of nitrogen functional groups attached to an aromatic ring is 2. The van der Waals surface area contributed by atoms with Gasteiger partial charge in [0.25, 0.3) is 0 Å². The standard InChI is InChI=1S/C22H28N4O/c23-20-9-4-10-21(24)19(20)15-25-14-17-6-3-5-16(13-17)11-12-22(27)26-18-7-1-2-8-18/h3-6,9-10,13,15,18H,1-2,7-8,11-12,14,23-24H2,(H,26,27). The van der Waals surface area contributed by atoms with Crippen LogP contribution < -0.4 is 16.8 Å². The zero-order chi connectivity index (χ0) is 19.1. The van der Waals surface area contributed by atoms with Gasteiger partial charge in [-0.1, -0.05) is 43.2 Å². The number of carbonyl (C=O) groups is 1. The highest BCUT2D eigenvalue weighted by Gasteiger charge is 2.16. The van der Waals surface area contributed by atoms with Crippen molar-refractivity contribution in [2.45, 2.75) is 51.1 Å². The first-order valence-electron chi connectivity index (χ1n) is 9.63. The molecule has 1 amide bonds. The monoisotopic (exact) mass is 364 g/mol. The zero-order valence-electron chi connectivity index (χ0n) is 15.7. The third-order valence-electron chi connectivity index (χ3n) is 5.02. The smallest absolute Gasteiger partial charge is 0.220 e. The first-order chi connectivity index (χ1) is 13.1. The van der Waals surface area contributed by atoms with Gasteiger partial charge in [-0.05, 0) is 42.5 Å². The van der Waals surface area contributed by atoms with Crippen molar-refractivity contribution < 1.29 is 4.79 Å². The van der Waals surface area contributed by atoms with Crippen molar-refractivity contribution in [3.8, 4) is 0 Å². The molecule has 2 aromatic carbocycles. The van der Waals surface area contributed by atoms with Gasteiger partial charge >= 0.3 is 0 Å². The van der Waals surface area contributed by atoms with Crippen LogP contribution in [0.1, 0.15) is 48.8 Å². The molecule has 1 saturated carbocycles. The summed E-state index contributed by atoms with van der Waals surface area (Å²) in [5, 5.41) is 3.14. The van der Waals surface area contributed by atoms with Crippen molar-refractivity contribution in [2.75, 3.05) is 11.5 Å². The summed E-state index contributed by atoms with van der Waals surface area (Å²) >= 11 is 0. The second-order valence-electron chi connectivity index (χ2n) is 7.19. The van der Waals surface area contributed by atoms with Crippen LogP contribution in [-0.4, -0.2) is 18.2 Å². The summed E-state index contributed by atoms with van der Waals surface area (Å²) in [7, 11) is 0. The van der Waals surface area contributed by atoms with Crippen molar-refractivity contribution in [1.82, 2.24) is 5.32 Å². The van der Waals surface area contributed by atoms with Crippen LogP contribution in [0, 0.1) is 0 Å². The third-order valence-corrected chi connectivity index (χ3v) is 5.02. The second-order valence-corrected chi connectivity index (χ2v) is 7.19. The Morgan fingerprint density at radius 2 is 1.74 bits per heavy atom. The minimum absolute atomic E-state index is 0.153. The molecule has 1 aliphatic carbocycles. The zero-order valence-corrected chi connectivity index (χ0v) is 15.7. The minimum Gasteiger partial charge on any atom is -0.398 e. The number of anilines is 2. The lowest BCUT2D eigenvalue weighted by Crippen LogP contribution is -2.32. The van der Waals surface area contributed by atoms with Gasteiger partial charge in [0.05, 0.1) is 6.54 Å². The van der Waals surface area contributed by atoms with Gasteiger partial charge in [0.1, 0.15) is 0 Å². The van der Waals surface area contributed by atoms with E-state index < -0.39 is 0 Å². The van der Waals surface area contributed by atoms with Crippen molar-refractivity contribution >= 4 is 23.5 Å². The van der Waals surface area contributed by atoms with Gasteiger partial charge in [-0.2, -0.15) is 0 Å². The van der Waals surface area contributed by atoms with Crippen molar-refractivity contribution in [3.05, 3.63) is 59.2 Å². The highest BCUT2D eigenvalue weighted by atomic mass is 16.1. The van der Waals surface area contributed by atoms with E-state index in [0.29, 0.717) is 30.4 Å². The van der Waals surface area contributed by atoms with E-state index in [1.807, 2.05) is 30.3 Å². The van der Waals surface area contributed by atoms with Gasteiger partial charge in [-0.3, -0.25) is 9.79 Å². The Kier molecular flexibility index (Phi) is 6.47. The molecule has 1 aliphatic rings. The number of nitrogens with one attached hydrogen (secondary N) is 1. The number of nitrogens with two attached hydrogens (primary N) is 2. The Bertz CT molecular complexity index is 789. The minimum atomic E-state index is 0.153. The van der Waals surface area contributed by atoms with E-state index in [9.17, 15) is 4.79 Å². The molecule has 5 heteroatoms. The van der Waals surface area contributed by atoms with E-state index in [4.69, 9.17) is 11.5 Å². The summed E-state index contributed by atoms with van der Waals surface area (Å²) in [6.07, 6.45) is 7.70. The highest BCUT2D eigenvalue weighted by Crippen LogP contribution is 2.18. The summed E-state index contributed by atoms with van der Waals surface area (Å²) in [4.78, 5) is 16.6. The summed E-state index contributed by atoms with van der Waals surface area (Å²) < 4.78 is 0. The number of aliphatic imine (C=N–C) groups is 1. The average molecular weight is 364 g/mol. The van der Waals surface area contributed by atoms with Gasteiger partial charge in [0, 0.05) is 35.6 Å². The van der Waals surface area contributed by atoms with Crippen LogP contribution in [0.3, 0.4) is 0 Å². The van der Waals surface area contributed by atoms with Crippen molar-refractivity contribution in [1.29, 1.82) is 0 Å². The average Bonchev–Trinajstić information content (AvgIpc) is 3.16. The number of amides is 1. The molecular formula is C22H28N4O. The predicted octanol–water partition coefficient (Wildman–Crippen LogP) is 3.46. The Hall–Kier alpha value is -2.82. The Morgan fingerprint density at radius 3 is 2.48 bits per heavy atom. The van der Waals surface area contributed by atoms with Gasteiger partial charge in [-0.15, -0.1) is 0 Å². The molecule has 0 aliphatic heterocycles. The molecule has 0 spiro atoms. The van der Waals surface area contributed by atoms with Gasteiger partial charge < -0.3 is 16.8 Å². The molecule has 0 saturated heterocycles. The topological polar surface area (TPSA) is 93.5 Å². The first-order valence-corrected chi connectivity index (χ1v) is 9.63. The van der Waals surface area contributed by atoms with Crippen LogP contribution in [0.4, 0.5) is 11.4 Å². The summed E-state index contributed by atoms with van der Waals surface area (Å²) in [5.41, 5.74) is 16.2. The lowest BCUT2D eigenvalue weighted by Gasteiger charge is -2.11. The van der Waals surface area contributed by atoms with E-state index in [1.165, 1.54) is 12.8 Å². The fraction of sp³-hybridized carbons (Fsp3) is 0.364. The largest absolute Gasteiger partial charge is 0.398 e. The molecule has 5 N–H and O–H groups in total. The van der Waals surface area contributed by atoms with E-state index in [0.717, 1.165) is 36.0 Å². The molecule has 5 nitrogen and oxygen atoms in total. The Morgan fingerprint density at radius 1 is 1.07 bits per heavy atom. The summed E-state index contributed by atoms with van der Waals surface area (Å²) in [6, 6.07) is 14.1. The van der Waals surface area contributed by atoms with E-state index >= 15 is 0 Å². The van der Waals surface area contributed by atoms with E-state index in [1.54, 1.807) is 6.21 Å². The molecule has 2 aromatic rings. The molecule has 142 valence electrons. The van der Waals surface area contributed by atoms with Crippen molar-refractivity contribution in [2.24, 2.45) is 4.99 Å². The maximum atomic E-state index is 12.1. The maximum Gasteiger partial charge on any atom is 0.220 e. The van der Waals surface area contributed by atoms with Gasteiger partial charge in [0.15, 0.2) is 0 Å². The van der Waals surface area contributed by atoms with Crippen LogP contribution in [0.2, 0.25) is 0 Å². The molecule has 0 radical (unpaired) electrons. The number of benzene rings is 2. The fourth-order valence-corrected chi connectivity index (χ4v) is 3.50. The molecule has 0 bridgehead atoms. The molecule has 0 aromatic heterocycles. The quantitative estimate of drug-likeness (QED) is 0.519. The number of hydrogen-bond acceptors (Lipinski definition) is 4. The van der Waals surface area contributed by atoms with Crippen LogP contribution in [0.5, 0.6) is 0 Å². The summed E-state index contributed by atoms with van der Waals surface area (Å²) in [6.45, 7) is 0.551. The van der Waals surface area contributed by atoms with Crippen LogP contribution >= 0.6 is 0 Å². The van der Waals surface area contributed by atoms with Crippen LogP contribution in [-0.2, 0) is 17.8 Å². The molecule has 0 atom stereocenters. The lowest BCUT2D eigenvalue weighted by molar-refractivity contribution is -0.121. The van der Waals surface area contributed by atoms with E-state index in [2.05, 4.69) is 22.4 Å². The molecule has 1 fully saturated rings. The van der Waals surface area contributed by atoms with Gasteiger partial charge in [0.2, 0.25) is 5.91 Å². The molecular weight excluding hydrogens is 336 g/mol. The second kappa shape index (κ2) is 9.21. The molecule has 27 heavy (non-hydrogen) atoms. The lowest BCUT2D eigenvalue weighted by atomic mass is 10.1. The van der Waals surface area contributed by atoms with E-state index in [-0.39, 0.29) is 5.91 Å². The normalized spacial score (nSPS) is 14.7. The number of aryl methyl sites for hydroxylation is 1. The predicted molar refractivity (Wildman–Crippen MR) is 112 cm³/mol. The molecule has 3 rings (SSSR count). The van der Waals surface area contributed by atoms with Crippen LogP contribution in [0.25, 0.3) is 0 Å². The Balaban J connectivity index is 1.52. The van der Waals surface area contributed by atoms with Crippen molar-refractivity contribution in [3.63, 3.8) is 0 Å². The van der Waals surface area contributed by atoms with Crippen LogP contribution in [0.15, 0.2) is 47.5 Å². The first kappa shape index (κ1) is 19.0. The Labute approximate surface area is 160 Å². The maximum absolute atomic E-state index is 12.1. The third kappa shape index (κ3) is 5.58. The highest BCUT2D eigenvalue weighted by molar-refractivity contribution is 5.93. The number of carbonyl (C=O) groups excluding carboxylic acids is 1. The SMILES string of the molecule is Nc1cccc(N)c1C=NCc1cccc(CCC(=O)NC2CCCC2)c1. The number of nitrogens with zero attached hydrogens (tertiary/aromatic N) is 1. The number of rotatable bonds is 7. The fourth-order valence-electron chi connectivity index (χ4n) is 3.50. The summed E-state index contributed by atoms with van der Waals surface area (Å²) in [5.74, 6) is 0.153. The number of hydrogen-bond donors (Lipinski definition) is 3.